The standard InChI is InChI=1S/C15H10BrNO2S/c1-9-2-5-14(10(6-9)8-17)20-11-3-4-13(16)12(7-11)15(18)19/h2-7H,1H3,(H,18,19). The van der Waals surface area contributed by atoms with Crippen molar-refractivity contribution in [3.05, 3.63) is 57.6 Å². The van der Waals surface area contributed by atoms with Crippen molar-refractivity contribution in [3.63, 3.8) is 0 Å². The van der Waals surface area contributed by atoms with Crippen LogP contribution >= 0.6 is 27.7 Å². The molecule has 0 fully saturated rings. The number of aromatic carboxylic acids is 1. The Labute approximate surface area is 129 Å². The highest BCUT2D eigenvalue weighted by Gasteiger charge is 2.11. The molecule has 0 atom stereocenters. The Hall–Kier alpha value is -1.77. The van der Waals surface area contributed by atoms with Gasteiger partial charge in [0.25, 0.3) is 0 Å². The highest BCUT2D eigenvalue weighted by atomic mass is 79.9. The van der Waals surface area contributed by atoms with E-state index >= 15 is 0 Å². The second-order valence-electron chi connectivity index (χ2n) is 4.16. The van der Waals surface area contributed by atoms with E-state index in [0.717, 1.165) is 15.4 Å². The van der Waals surface area contributed by atoms with E-state index in [1.54, 1.807) is 12.1 Å². The van der Waals surface area contributed by atoms with Crippen molar-refractivity contribution < 1.29 is 9.90 Å². The molecule has 20 heavy (non-hydrogen) atoms. The van der Waals surface area contributed by atoms with E-state index < -0.39 is 5.97 Å². The molecule has 3 nitrogen and oxygen atoms in total. The van der Waals surface area contributed by atoms with Crippen molar-refractivity contribution in [2.24, 2.45) is 0 Å². The van der Waals surface area contributed by atoms with Crippen molar-refractivity contribution in [2.45, 2.75) is 16.7 Å². The molecular formula is C15H10BrNO2S. The smallest absolute Gasteiger partial charge is 0.336 e. The predicted molar refractivity (Wildman–Crippen MR) is 81.1 cm³/mol. The van der Waals surface area contributed by atoms with E-state index in [9.17, 15) is 4.79 Å². The average Bonchev–Trinajstić information content (AvgIpc) is 2.42. The van der Waals surface area contributed by atoms with Crippen LogP contribution in [0.2, 0.25) is 0 Å². The van der Waals surface area contributed by atoms with Gasteiger partial charge >= 0.3 is 5.97 Å². The molecule has 2 aromatic rings. The Kier molecular flexibility index (Phi) is 4.48. The molecule has 0 saturated carbocycles. The maximum Gasteiger partial charge on any atom is 0.336 e. The predicted octanol–water partition coefficient (Wildman–Crippen LogP) is 4.48. The van der Waals surface area contributed by atoms with Crippen LogP contribution in [0.5, 0.6) is 0 Å². The van der Waals surface area contributed by atoms with Gasteiger partial charge in [0.15, 0.2) is 0 Å². The van der Waals surface area contributed by atoms with Gasteiger partial charge in [0.2, 0.25) is 0 Å². The fourth-order valence-electron chi connectivity index (χ4n) is 1.68. The lowest BCUT2D eigenvalue weighted by Gasteiger charge is -2.07. The van der Waals surface area contributed by atoms with Crippen LogP contribution in [-0.2, 0) is 0 Å². The maximum atomic E-state index is 11.1. The van der Waals surface area contributed by atoms with Gasteiger partial charge in [-0.1, -0.05) is 17.8 Å². The van der Waals surface area contributed by atoms with Crippen molar-refractivity contribution in [3.8, 4) is 6.07 Å². The van der Waals surface area contributed by atoms with Crippen LogP contribution in [0, 0.1) is 18.3 Å². The summed E-state index contributed by atoms with van der Waals surface area (Å²) in [7, 11) is 0. The first-order chi connectivity index (χ1) is 9.51. The number of aryl methyl sites for hydroxylation is 1. The summed E-state index contributed by atoms with van der Waals surface area (Å²) in [6.07, 6.45) is 0. The molecule has 0 unspecified atom stereocenters. The Morgan fingerprint density at radius 3 is 2.70 bits per heavy atom. The Balaban J connectivity index is 2.38. The lowest BCUT2D eigenvalue weighted by Crippen LogP contribution is -1.97. The normalized spacial score (nSPS) is 10.1. The second-order valence-corrected chi connectivity index (χ2v) is 6.13. The Morgan fingerprint density at radius 2 is 2.05 bits per heavy atom. The van der Waals surface area contributed by atoms with Gasteiger partial charge in [0, 0.05) is 14.3 Å². The summed E-state index contributed by atoms with van der Waals surface area (Å²) < 4.78 is 0.541. The zero-order valence-corrected chi connectivity index (χ0v) is 13.0. The van der Waals surface area contributed by atoms with Crippen molar-refractivity contribution in [2.75, 3.05) is 0 Å². The Bertz CT molecular complexity index is 722. The lowest BCUT2D eigenvalue weighted by atomic mass is 10.2. The average molecular weight is 348 g/mol. The van der Waals surface area contributed by atoms with Crippen LogP contribution in [0.15, 0.2) is 50.7 Å². The number of hydrogen-bond donors (Lipinski definition) is 1. The molecule has 0 amide bonds. The summed E-state index contributed by atoms with van der Waals surface area (Å²) in [5.74, 6) is -0.983. The van der Waals surface area contributed by atoms with Crippen molar-refractivity contribution in [1.82, 2.24) is 0 Å². The SMILES string of the molecule is Cc1ccc(Sc2ccc(Br)c(C(=O)O)c2)c(C#N)c1. The summed E-state index contributed by atoms with van der Waals surface area (Å²) in [6, 6.07) is 12.9. The molecule has 0 spiro atoms. The van der Waals surface area contributed by atoms with Crippen LogP contribution < -0.4 is 0 Å². The first kappa shape index (κ1) is 14.6. The van der Waals surface area contributed by atoms with Crippen molar-refractivity contribution >= 4 is 33.7 Å². The van der Waals surface area contributed by atoms with Gasteiger partial charge in [-0.15, -0.1) is 0 Å². The van der Waals surface area contributed by atoms with Gasteiger partial charge < -0.3 is 5.11 Å². The van der Waals surface area contributed by atoms with Crippen LogP contribution in [0.25, 0.3) is 0 Å². The molecule has 2 aromatic carbocycles. The highest BCUT2D eigenvalue weighted by molar-refractivity contribution is 9.10. The molecule has 1 N–H and O–H groups in total. The minimum atomic E-state index is -0.983. The lowest BCUT2D eigenvalue weighted by molar-refractivity contribution is 0.0695. The second kappa shape index (κ2) is 6.12. The minimum Gasteiger partial charge on any atom is -0.478 e. The van der Waals surface area contributed by atoms with Gasteiger partial charge in [-0.2, -0.15) is 5.26 Å². The number of carboxylic acid groups (broad SMARTS) is 1. The number of carbonyl (C=O) groups is 1. The van der Waals surface area contributed by atoms with E-state index in [4.69, 9.17) is 10.4 Å². The third-order valence-electron chi connectivity index (χ3n) is 2.65. The third kappa shape index (κ3) is 3.21. The molecule has 2 rings (SSSR count). The monoisotopic (exact) mass is 347 g/mol. The summed E-state index contributed by atoms with van der Waals surface area (Å²) in [6.45, 7) is 1.93. The molecule has 0 aliphatic rings. The highest BCUT2D eigenvalue weighted by Crippen LogP contribution is 2.33. The Morgan fingerprint density at radius 1 is 1.30 bits per heavy atom. The van der Waals surface area contributed by atoms with Gasteiger partial charge in [-0.3, -0.25) is 0 Å². The first-order valence-electron chi connectivity index (χ1n) is 5.72. The van der Waals surface area contributed by atoms with E-state index in [2.05, 4.69) is 22.0 Å². The molecular weight excluding hydrogens is 338 g/mol. The summed E-state index contributed by atoms with van der Waals surface area (Å²) >= 11 is 4.59. The fourth-order valence-corrected chi connectivity index (χ4v) is 3.01. The van der Waals surface area contributed by atoms with Gasteiger partial charge in [-0.25, -0.2) is 4.79 Å². The molecule has 0 aliphatic carbocycles. The number of rotatable bonds is 3. The largest absolute Gasteiger partial charge is 0.478 e. The van der Waals surface area contributed by atoms with Crippen LogP contribution in [0.4, 0.5) is 0 Å². The van der Waals surface area contributed by atoms with Crippen LogP contribution in [0.1, 0.15) is 21.5 Å². The quantitative estimate of drug-likeness (QED) is 0.889. The number of nitriles is 1. The van der Waals surface area contributed by atoms with Crippen molar-refractivity contribution in [1.29, 1.82) is 5.26 Å². The van der Waals surface area contributed by atoms with E-state index in [0.29, 0.717) is 10.0 Å². The van der Waals surface area contributed by atoms with E-state index in [1.165, 1.54) is 11.8 Å². The zero-order chi connectivity index (χ0) is 14.7. The summed E-state index contributed by atoms with van der Waals surface area (Å²) in [5, 5.41) is 18.2. The number of halogens is 1. The number of hydrogen-bond acceptors (Lipinski definition) is 3. The number of nitrogens with zero attached hydrogens (tertiary/aromatic N) is 1. The zero-order valence-electron chi connectivity index (χ0n) is 10.6. The first-order valence-corrected chi connectivity index (χ1v) is 7.33. The van der Waals surface area contributed by atoms with Crippen LogP contribution in [-0.4, -0.2) is 11.1 Å². The summed E-state index contributed by atoms with van der Waals surface area (Å²) in [4.78, 5) is 12.7. The minimum absolute atomic E-state index is 0.209. The maximum absolute atomic E-state index is 11.1. The molecule has 0 aromatic heterocycles. The molecule has 0 aliphatic heterocycles. The topological polar surface area (TPSA) is 61.1 Å². The van der Waals surface area contributed by atoms with E-state index in [-0.39, 0.29) is 5.56 Å². The summed E-state index contributed by atoms with van der Waals surface area (Å²) in [5.41, 5.74) is 1.82. The molecule has 0 saturated heterocycles. The third-order valence-corrected chi connectivity index (χ3v) is 4.41. The molecule has 5 heteroatoms. The molecule has 100 valence electrons. The molecule has 0 bridgehead atoms. The molecule has 0 heterocycles. The van der Waals surface area contributed by atoms with Gasteiger partial charge in [0.1, 0.15) is 6.07 Å². The van der Waals surface area contributed by atoms with Crippen LogP contribution in [0.3, 0.4) is 0 Å². The number of benzene rings is 2. The number of carboxylic acids is 1. The van der Waals surface area contributed by atoms with Gasteiger partial charge in [0.05, 0.1) is 11.1 Å². The van der Waals surface area contributed by atoms with Gasteiger partial charge in [-0.05, 0) is 58.7 Å². The fraction of sp³-hybridized carbons (Fsp3) is 0.0667. The van der Waals surface area contributed by atoms with E-state index in [1.807, 2.05) is 31.2 Å². The molecule has 0 radical (unpaired) electrons.